The molecule has 0 saturated heterocycles. The predicted octanol–water partition coefficient (Wildman–Crippen LogP) is 0.517. The van der Waals surface area contributed by atoms with Crippen molar-refractivity contribution in [3.8, 4) is 0 Å². The molecule has 5 nitrogen and oxygen atoms in total. The van der Waals surface area contributed by atoms with Gasteiger partial charge in [0.05, 0.1) is 0 Å². The summed E-state index contributed by atoms with van der Waals surface area (Å²) in [6.07, 6.45) is -2.44. The van der Waals surface area contributed by atoms with Gasteiger partial charge in [0.15, 0.2) is 0 Å². The Labute approximate surface area is 96.1 Å². The normalized spacial score (nSPS) is 15.2. The van der Waals surface area contributed by atoms with Crippen molar-refractivity contribution in [1.29, 1.82) is 0 Å². The van der Waals surface area contributed by atoms with Crippen molar-refractivity contribution in [3.05, 3.63) is 0 Å². The van der Waals surface area contributed by atoms with Crippen molar-refractivity contribution < 1.29 is 22.8 Å². The summed E-state index contributed by atoms with van der Waals surface area (Å²) in [7, 11) is 0. The van der Waals surface area contributed by atoms with Crippen LogP contribution in [0.5, 0.6) is 0 Å². The number of amides is 3. The molecule has 0 aliphatic heterocycles. The average Bonchev–Trinajstić information content (AvgIpc) is 2.97. The number of hydrogen-bond donors (Lipinski definition) is 3. The molecular formula is C9H14F3N3O2. The molecule has 0 bridgehead atoms. The molecule has 0 unspecified atom stereocenters. The second-order valence-electron chi connectivity index (χ2n) is 3.82. The van der Waals surface area contributed by atoms with Crippen molar-refractivity contribution in [1.82, 2.24) is 16.0 Å². The van der Waals surface area contributed by atoms with E-state index >= 15 is 0 Å². The van der Waals surface area contributed by atoms with E-state index in [1.54, 1.807) is 5.32 Å². The van der Waals surface area contributed by atoms with Crippen molar-refractivity contribution in [3.63, 3.8) is 0 Å². The Morgan fingerprint density at radius 2 is 1.82 bits per heavy atom. The fraction of sp³-hybridized carbons (Fsp3) is 0.778. The summed E-state index contributed by atoms with van der Waals surface area (Å²) in [6.45, 7) is -1.37. The van der Waals surface area contributed by atoms with E-state index in [0.717, 1.165) is 12.8 Å². The molecular weight excluding hydrogens is 239 g/mol. The van der Waals surface area contributed by atoms with Gasteiger partial charge in [-0.15, -0.1) is 0 Å². The Hall–Kier alpha value is -1.47. The number of halogens is 3. The Bertz CT molecular complexity index is 290. The van der Waals surface area contributed by atoms with Crippen LogP contribution in [0.3, 0.4) is 0 Å². The third-order valence-corrected chi connectivity index (χ3v) is 2.03. The molecule has 1 rings (SSSR count). The third-order valence-electron chi connectivity index (χ3n) is 2.03. The fourth-order valence-electron chi connectivity index (χ4n) is 1.06. The minimum Gasteiger partial charge on any atom is -0.353 e. The highest BCUT2D eigenvalue weighted by atomic mass is 19.4. The van der Waals surface area contributed by atoms with Crippen LogP contribution in [0.2, 0.25) is 0 Å². The summed E-state index contributed by atoms with van der Waals surface area (Å²) in [6, 6.07) is -0.692. The highest BCUT2D eigenvalue weighted by Crippen LogP contribution is 2.18. The molecule has 17 heavy (non-hydrogen) atoms. The second-order valence-corrected chi connectivity index (χ2v) is 3.82. The van der Waals surface area contributed by atoms with Crippen LogP contribution >= 0.6 is 0 Å². The molecule has 1 aliphatic rings. The number of nitrogens with one attached hydrogen (secondary N) is 3. The van der Waals surface area contributed by atoms with Crippen molar-refractivity contribution in [2.45, 2.75) is 31.5 Å². The van der Waals surface area contributed by atoms with Gasteiger partial charge in [0, 0.05) is 19.0 Å². The van der Waals surface area contributed by atoms with E-state index in [9.17, 15) is 22.8 Å². The average molecular weight is 253 g/mol. The van der Waals surface area contributed by atoms with Gasteiger partial charge in [0.1, 0.15) is 6.54 Å². The van der Waals surface area contributed by atoms with E-state index in [1.165, 1.54) is 0 Å². The maximum Gasteiger partial charge on any atom is 0.405 e. The van der Waals surface area contributed by atoms with Crippen LogP contribution in [0.25, 0.3) is 0 Å². The van der Waals surface area contributed by atoms with Crippen LogP contribution in [0.15, 0.2) is 0 Å². The summed E-state index contributed by atoms with van der Waals surface area (Å²) < 4.78 is 35.1. The Morgan fingerprint density at radius 3 is 2.35 bits per heavy atom. The van der Waals surface area contributed by atoms with Gasteiger partial charge >= 0.3 is 12.2 Å². The van der Waals surface area contributed by atoms with Crippen molar-refractivity contribution >= 4 is 11.9 Å². The van der Waals surface area contributed by atoms with Gasteiger partial charge in [-0.1, -0.05) is 0 Å². The summed E-state index contributed by atoms with van der Waals surface area (Å²) in [5.41, 5.74) is 0. The number of hydrogen-bond acceptors (Lipinski definition) is 2. The first-order valence-corrected chi connectivity index (χ1v) is 5.24. The monoisotopic (exact) mass is 253 g/mol. The molecule has 0 aromatic heterocycles. The smallest absolute Gasteiger partial charge is 0.353 e. The van der Waals surface area contributed by atoms with Crippen LogP contribution in [-0.4, -0.2) is 37.2 Å². The first-order valence-electron chi connectivity index (χ1n) is 5.24. The Balaban J connectivity index is 2.01. The van der Waals surface area contributed by atoms with Gasteiger partial charge in [-0.25, -0.2) is 4.79 Å². The van der Waals surface area contributed by atoms with Crippen molar-refractivity contribution in [2.24, 2.45) is 0 Å². The van der Waals surface area contributed by atoms with Gasteiger partial charge in [-0.2, -0.15) is 13.2 Å². The number of carbonyl (C=O) groups excluding carboxylic acids is 2. The molecule has 1 saturated carbocycles. The standard InChI is InChI=1S/C9H14F3N3O2/c10-9(11,12)5-14-8(17)13-4-3-7(16)15-6-1-2-6/h6H,1-5H2,(H,15,16)(H2,13,14,17). The van der Waals surface area contributed by atoms with E-state index in [1.807, 2.05) is 0 Å². The maximum atomic E-state index is 11.7. The molecule has 1 aliphatic carbocycles. The minimum atomic E-state index is -4.43. The lowest BCUT2D eigenvalue weighted by Gasteiger charge is -2.09. The molecule has 1 fully saturated rings. The highest BCUT2D eigenvalue weighted by Gasteiger charge is 2.27. The Kier molecular flexibility index (Phi) is 4.59. The van der Waals surface area contributed by atoms with E-state index < -0.39 is 18.8 Å². The topological polar surface area (TPSA) is 70.2 Å². The van der Waals surface area contributed by atoms with Crippen LogP contribution < -0.4 is 16.0 Å². The number of urea groups is 1. The quantitative estimate of drug-likeness (QED) is 0.668. The number of alkyl halides is 3. The molecule has 0 aromatic rings. The largest absolute Gasteiger partial charge is 0.405 e. The summed E-state index contributed by atoms with van der Waals surface area (Å²) in [4.78, 5) is 22.0. The maximum absolute atomic E-state index is 11.7. The molecule has 8 heteroatoms. The van der Waals surface area contributed by atoms with Crippen molar-refractivity contribution in [2.75, 3.05) is 13.1 Å². The van der Waals surface area contributed by atoms with Crippen LogP contribution in [-0.2, 0) is 4.79 Å². The van der Waals surface area contributed by atoms with Gasteiger partial charge in [-0.05, 0) is 12.8 Å². The summed E-state index contributed by atoms with van der Waals surface area (Å²) >= 11 is 0. The fourth-order valence-corrected chi connectivity index (χ4v) is 1.06. The number of carbonyl (C=O) groups is 2. The lowest BCUT2D eigenvalue weighted by atomic mass is 10.4. The van der Waals surface area contributed by atoms with E-state index in [0.29, 0.717) is 0 Å². The molecule has 0 spiro atoms. The van der Waals surface area contributed by atoms with E-state index in [4.69, 9.17) is 0 Å². The minimum absolute atomic E-state index is 0.0161. The zero-order valence-corrected chi connectivity index (χ0v) is 9.06. The predicted molar refractivity (Wildman–Crippen MR) is 53.2 cm³/mol. The Morgan fingerprint density at radius 1 is 1.18 bits per heavy atom. The van der Waals surface area contributed by atoms with Crippen LogP contribution in [0.1, 0.15) is 19.3 Å². The molecule has 3 amide bonds. The number of rotatable bonds is 5. The van der Waals surface area contributed by atoms with Gasteiger partial charge in [0.25, 0.3) is 0 Å². The lowest BCUT2D eigenvalue weighted by molar-refractivity contribution is -0.123. The van der Waals surface area contributed by atoms with Gasteiger partial charge < -0.3 is 16.0 Å². The highest BCUT2D eigenvalue weighted by molar-refractivity contribution is 5.78. The molecule has 3 N–H and O–H groups in total. The molecule has 0 heterocycles. The van der Waals surface area contributed by atoms with Gasteiger partial charge in [-0.3, -0.25) is 4.79 Å². The molecule has 0 radical (unpaired) electrons. The SMILES string of the molecule is O=C(CCNC(=O)NCC(F)(F)F)NC1CC1. The van der Waals surface area contributed by atoms with Crippen LogP contribution in [0.4, 0.5) is 18.0 Å². The molecule has 0 atom stereocenters. The third kappa shape index (κ3) is 7.42. The first-order chi connectivity index (χ1) is 7.87. The van der Waals surface area contributed by atoms with Crippen LogP contribution in [0, 0.1) is 0 Å². The summed E-state index contributed by atoms with van der Waals surface area (Å²) in [5, 5.41) is 6.50. The first kappa shape index (κ1) is 13.6. The molecule has 0 aromatic carbocycles. The van der Waals surface area contributed by atoms with Gasteiger partial charge in [0.2, 0.25) is 5.91 Å². The second kappa shape index (κ2) is 5.74. The zero-order chi connectivity index (χ0) is 12.9. The molecule has 98 valence electrons. The zero-order valence-electron chi connectivity index (χ0n) is 9.06. The van der Waals surface area contributed by atoms with E-state index in [2.05, 4.69) is 10.6 Å². The lowest BCUT2D eigenvalue weighted by Crippen LogP contribution is -2.42. The summed E-state index contributed by atoms with van der Waals surface area (Å²) in [5.74, 6) is -0.205. The van der Waals surface area contributed by atoms with E-state index in [-0.39, 0.29) is 24.9 Å².